The minimum absolute atomic E-state index is 0.395. The maximum absolute atomic E-state index is 11.0. The summed E-state index contributed by atoms with van der Waals surface area (Å²) in [5.41, 5.74) is 5.49. The van der Waals surface area contributed by atoms with Crippen molar-refractivity contribution in [3.63, 3.8) is 0 Å². The van der Waals surface area contributed by atoms with E-state index in [4.69, 9.17) is 26.5 Å². The number of carbonyl (C=O) groups is 1. The molecule has 0 spiro atoms. The summed E-state index contributed by atoms with van der Waals surface area (Å²) in [7, 11) is 0. The summed E-state index contributed by atoms with van der Waals surface area (Å²) in [5, 5.41) is 14.6. The third-order valence-corrected chi connectivity index (χ3v) is 4.74. The molecule has 5 nitrogen and oxygen atoms in total. The molecule has 0 radical (unpaired) electrons. The minimum atomic E-state index is -1.01. The number of hydrogen-bond donors (Lipinski definition) is 1. The lowest BCUT2D eigenvalue weighted by atomic mass is 10.0. The van der Waals surface area contributed by atoms with E-state index < -0.39 is 12.6 Å². The van der Waals surface area contributed by atoms with Crippen LogP contribution in [0.5, 0.6) is 5.75 Å². The number of halogens is 1. The molecule has 6 heteroatoms. The molecule has 1 aromatic heterocycles. The van der Waals surface area contributed by atoms with Crippen molar-refractivity contribution in [3.8, 4) is 28.3 Å². The quantitative estimate of drug-likeness (QED) is 0.548. The first-order valence-corrected chi connectivity index (χ1v) is 9.92. The third-order valence-electron chi connectivity index (χ3n) is 4.49. The second kappa shape index (κ2) is 8.70. The maximum Gasteiger partial charge on any atom is 0.341 e. The van der Waals surface area contributed by atoms with Crippen LogP contribution in [0.4, 0.5) is 0 Å². The molecular formula is C23H25ClN2O3. The number of carboxylic acids is 1. The summed E-state index contributed by atoms with van der Waals surface area (Å²) >= 11 is 6.05. The Hall–Kier alpha value is -2.79. The van der Waals surface area contributed by atoms with Crippen molar-refractivity contribution in [1.82, 2.24) is 9.78 Å². The number of benzene rings is 2. The standard InChI is InChI=1S/C23H25ClN2O3/c1-14(2)12-26-21(17-5-7-18(24)8-6-17)11-20(25-26)19-10-15(3)9-16(4)23(19)29-13-22(27)28/h5-11,14H,12-13H2,1-4H3,(H,27,28). The molecule has 0 saturated heterocycles. The molecule has 3 aromatic rings. The molecule has 29 heavy (non-hydrogen) atoms. The van der Waals surface area contributed by atoms with Crippen molar-refractivity contribution in [1.29, 1.82) is 0 Å². The molecule has 0 saturated carbocycles. The van der Waals surface area contributed by atoms with Crippen molar-refractivity contribution >= 4 is 17.6 Å². The van der Waals surface area contributed by atoms with Gasteiger partial charge in [-0.05, 0) is 60.7 Å². The Bertz CT molecular complexity index is 1020. The van der Waals surface area contributed by atoms with Crippen molar-refractivity contribution < 1.29 is 14.6 Å². The molecule has 1 heterocycles. The van der Waals surface area contributed by atoms with Gasteiger partial charge < -0.3 is 9.84 Å². The largest absolute Gasteiger partial charge is 0.481 e. The van der Waals surface area contributed by atoms with Gasteiger partial charge in [0.05, 0.1) is 11.4 Å². The summed E-state index contributed by atoms with van der Waals surface area (Å²) < 4.78 is 7.61. The van der Waals surface area contributed by atoms with Crippen molar-refractivity contribution in [3.05, 3.63) is 58.6 Å². The van der Waals surface area contributed by atoms with E-state index in [1.807, 2.05) is 61.0 Å². The first-order valence-electron chi connectivity index (χ1n) is 9.54. The number of carboxylic acid groups (broad SMARTS) is 1. The van der Waals surface area contributed by atoms with Crippen LogP contribution in [-0.2, 0) is 11.3 Å². The van der Waals surface area contributed by atoms with Crippen LogP contribution in [0, 0.1) is 19.8 Å². The SMILES string of the molecule is Cc1cc(C)c(OCC(=O)O)c(-c2cc(-c3ccc(Cl)cc3)n(CC(C)C)n2)c1. The Balaban J connectivity index is 2.13. The van der Waals surface area contributed by atoms with Crippen LogP contribution in [0.1, 0.15) is 25.0 Å². The number of aryl methyl sites for hydroxylation is 2. The fourth-order valence-corrected chi connectivity index (χ4v) is 3.48. The lowest BCUT2D eigenvalue weighted by Crippen LogP contribution is -2.11. The topological polar surface area (TPSA) is 64.3 Å². The minimum Gasteiger partial charge on any atom is -0.481 e. The van der Waals surface area contributed by atoms with Crippen LogP contribution in [0.25, 0.3) is 22.5 Å². The Morgan fingerprint density at radius 1 is 1.17 bits per heavy atom. The molecule has 152 valence electrons. The van der Waals surface area contributed by atoms with Gasteiger partial charge in [0, 0.05) is 17.1 Å². The molecular weight excluding hydrogens is 388 g/mol. The lowest BCUT2D eigenvalue weighted by Gasteiger charge is -2.13. The number of hydrogen-bond acceptors (Lipinski definition) is 3. The Labute approximate surface area is 175 Å². The molecule has 0 aliphatic carbocycles. The number of ether oxygens (including phenoxy) is 1. The van der Waals surface area contributed by atoms with E-state index in [-0.39, 0.29) is 0 Å². The Morgan fingerprint density at radius 2 is 1.86 bits per heavy atom. The predicted molar refractivity (Wildman–Crippen MR) is 116 cm³/mol. The molecule has 0 fully saturated rings. The van der Waals surface area contributed by atoms with Crippen molar-refractivity contribution in [2.45, 2.75) is 34.2 Å². The summed E-state index contributed by atoms with van der Waals surface area (Å²) in [6.45, 7) is 8.57. The number of aromatic nitrogens is 2. The van der Waals surface area contributed by atoms with Gasteiger partial charge in [-0.25, -0.2) is 4.79 Å². The van der Waals surface area contributed by atoms with Gasteiger partial charge in [-0.2, -0.15) is 5.10 Å². The lowest BCUT2D eigenvalue weighted by molar-refractivity contribution is -0.139. The van der Waals surface area contributed by atoms with Crippen LogP contribution in [0.2, 0.25) is 5.02 Å². The summed E-state index contributed by atoms with van der Waals surface area (Å²) in [6, 6.07) is 13.7. The van der Waals surface area contributed by atoms with Crippen LogP contribution in [0.15, 0.2) is 42.5 Å². The molecule has 0 aliphatic rings. The second-order valence-corrected chi connectivity index (χ2v) is 8.08. The van der Waals surface area contributed by atoms with Gasteiger partial charge in [-0.15, -0.1) is 0 Å². The van der Waals surface area contributed by atoms with E-state index in [9.17, 15) is 4.79 Å². The van der Waals surface area contributed by atoms with Gasteiger partial charge in [-0.1, -0.05) is 43.6 Å². The molecule has 0 amide bonds. The van der Waals surface area contributed by atoms with E-state index in [2.05, 4.69) is 13.8 Å². The first-order chi connectivity index (χ1) is 13.7. The maximum atomic E-state index is 11.0. The van der Waals surface area contributed by atoms with Crippen molar-refractivity contribution in [2.24, 2.45) is 5.92 Å². The third kappa shape index (κ3) is 4.98. The highest BCUT2D eigenvalue weighted by molar-refractivity contribution is 6.30. The smallest absolute Gasteiger partial charge is 0.341 e. The van der Waals surface area contributed by atoms with Gasteiger partial charge >= 0.3 is 5.97 Å². The second-order valence-electron chi connectivity index (χ2n) is 7.64. The van der Waals surface area contributed by atoms with Gasteiger partial charge in [0.15, 0.2) is 6.61 Å². The monoisotopic (exact) mass is 412 g/mol. The fourth-order valence-electron chi connectivity index (χ4n) is 3.36. The number of aliphatic carboxylic acids is 1. The Kier molecular flexibility index (Phi) is 6.28. The van der Waals surface area contributed by atoms with Crippen LogP contribution in [0.3, 0.4) is 0 Å². The van der Waals surface area contributed by atoms with E-state index in [1.54, 1.807) is 0 Å². The molecule has 3 rings (SSSR count). The van der Waals surface area contributed by atoms with Gasteiger partial charge in [0.1, 0.15) is 5.75 Å². The van der Waals surface area contributed by atoms with E-state index in [1.165, 1.54) is 0 Å². The zero-order valence-electron chi connectivity index (χ0n) is 17.1. The zero-order valence-corrected chi connectivity index (χ0v) is 17.8. The van der Waals surface area contributed by atoms with E-state index in [0.717, 1.165) is 40.2 Å². The van der Waals surface area contributed by atoms with Crippen molar-refractivity contribution in [2.75, 3.05) is 6.61 Å². The number of rotatable bonds is 7. The van der Waals surface area contributed by atoms with E-state index in [0.29, 0.717) is 16.7 Å². The summed E-state index contributed by atoms with van der Waals surface area (Å²) in [5.74, 6) is -0.0475. The van der Waals surface area contributed by atoms with Crippen LogP contribution >= 0.6 is 11.6 Å². The fraction of sp³-hybridized carbons (Fsp3) is 0.304. The molecule has 1 N–H and O–H groups in total. The average Bonchev–Trinajstić information content (AvgIpc) is 3.03. The highest BCUT2D eigenvalue weighted by atomic mass is 35.5. The average molecular weight is 413 g/mol. The molecule has 2 aromatic carbocycles. The Morgan fingerprint density at radius 3 is 2.48 bits per heavy atom. The summed E-state index contributed by atoms with van der Waals surface area (Å²) in [4.78, 5) is 11.0. The number of nitrogens with zero attached hydrogens (tertiary/aromatic N) is 2. The molecule has 0 aliphatic heterocycles. The summed E-state index contributed by atoms with van der Waals surface area (Å²) in [6.07, 6.45) is 0. The molecule has 0 unspecified atom stereocenters. The van der Waals surface area contributed by atoms with Gasteiger partial charge in [-0.3, -0.25) is 4.68 Å². The highest BCUT2D eigenvalue weighted by Gasteiger charge is 2.18. The first kappa shape index (κ1) is 20.9. The molecule has 0 atom stereocenters. The zero-order chi connectivity index (χ0) is 21.1. The molecule has 0 bridgehead atoms. The predicted octanol–water partition coefficient (Wildman–Crippen LogP) is 5.61. The van der Waals surface area contributed by atoms with Crippen LogP contribution in [-0.4, -0.2) is 27.5 Å². The van der Waals surface area contributed by atoms with Gasteiger partial charge in [0.25, 0.3) is 0 Å². The van der Waals surface area contributed by atoms with E-state index >= 15 is 0 Å². The normalized spacial score (nSPS) is 11.1. The van der Waals surface area contributed by atoms with Gasteiger partial charge in [0.2, 0.25) is 0 Å². The van der Waals surface area contributed by atoms with Crippen LogP contribution < -0.4 is 4.74 Å². The highest BCUT2D eigenvalue weighted by Crippen LogP contribution is 2.36.